The lowest BCUT2D eigenvalue weighted by molar-refractivity contribution is -0.147. The summed E-state index contributed by atoms with van der Waals surface area (Å²) in [6, 6.07) is 15.0. The molecule has 35 heavy (non-hydrogen) atoms. The minimum absolute atomic E-state index is 0.00829. The first-order chi connectivity index (χ1) is 16.8. The number of aliphatic hydroxyl groups is 3. The Kier molecular flexibility index (Phi) is 6.46. The number of H-pyrrole nitrogens is 1. The number of para-hydroxylation sites is 1. The van der Waals surface area contributed by atoms with E-state index in [2.05, 4.69) is 20.1 Å². The Morgan fingerprint density at radius 3 is 2.49 bits per heavy atom. The van der Waals surface area contributed by atoms with E-state index < -0.39 is 47.8 Å². The van der Waals surface area contributed by atoms with Crippen LogP contribution in [0.5, 0.6) is 0 Å². The first-order valence-corrected chi connectivity index (χ1v) is 10.3. The highest BCUT2D eigenvalue weighted by Crippen LogP contribution is 2.25. The molecule has 3 aromatic rings. The number of nitrogens with zero attached hydrogens (tertiary/aromatic N) is 3. The Hall–Kier alpha value is -4.71. The van der Waals surface area contributed by atoms with Crippen LogP contribution in [0.4, 0.5) is 11.4 Å². The van der Waals surface area contributed by atoms with Gasteiger partial charge in [-0.05, 0) is 31.2 Å². The molecule has 0 spiro atoms. The number of azo groups is 1. The molecule has 0 fully saturated rings. The van der Waals surface area contributed by atoms with E-state index in [1.807, 2.05) is 6.07 Å². The van der Waals surface area contributed by atoms with Crippen LogP contribution in [-0.2, 0) is 14.3 Å². The van der Waals surface area contributed by atoms with Gasteiger partial charge in [0.05, 0.1) is 16.9 Å². The highest BCUT2D eigenvalue weighted by atomic mass is 16.6. The number of rotatable bonds is 7. The van der Waals surface area contributed by atoms with E-state index >= 15 is 0 Å². The van der Waals surface area contributed by atoms with E-state index in [0.29, 0.717) is 11.4 Å². The monoisotopic (exact) mass is 480 g/mol. The predicted molar refractivity (Wildman–Crippen MR) is 120 cm³/mol. The van der Waals surface area contributed by atoms with Gasteiger partial charge in [0.15, 0.2) is 17.6 Å². The number of aromatic amines is 1. The van der Waals surface area contributed by atoms with Crippen LogP contribution in [0.3, 0.4) is 0 Å². The van der Waals surface area contributed by atoms with E-state index in [9.17, 15) is 29.7 Å². The molecule has 1 aliphatic heterocycles. The van der Waals surface area contributed by atoms with Crippen molar-refractivity contribution in [3.05, 3.63) is 87.7 Å². The maximum atomic E-state index is 12.8. The molecule has 0 unspecified atom stereocenters. The molecular formula is C23H20N4O8. The number of aliphatic hydroxyl groups excluding tert-OH is 3. The lowest BCUT2D eigenvalue weighted by Crippen LogP contribution is -2.33. The number of nitrogens with one attached hydrogen (secondary N) is 1. The summed E-state index contributed by atoms with van der Waals surface area (Å²) in [5.74, 6) is -3.95. The molecule has 180 valence electrons. The Labute approximate surface area is 197 Å². The van der Waals surface area contributed by atoms with Gasteiger partial charge < -0.3 is 24.8 Å². The standard InChI is InChI=1S/C23H20N4O8/c1-12-17(21(31)27(26-12)13-7-3-2-4-8-13)25-24-15-10-6-5-9-14(15)22(32)34-11-16(28)20-18(29)19(30)23(33)35-20/h2-10,16,20,26,28-30H,11H2,1H3/t16-,20-/m1/s1. The summed E-state index contributed by atoms with van der Waals surface area (Å²) in [6.07, 6.45) is -3.19. The minimum Gasteiger partial charge on any atom is -0.505 e. The zero-order chi connectivity index (χ0) is 25.1. The van der Waals surface area contributed by atoms with Crippen LogP contribution < -0.4 is 5.56 Å². The summed E-state index contributed by atoms with van der Waals surface area (Å²) in [7, 11) is 0. The molecule has 2 atom stereocenters. The van der Waals surface area contributed by atoms with Gasteiger partial charge in [0.2, 0.25) is 5.76 Å². The van der Waals surface area contributed by atoms with Crippen LogP contribution in [0.15, 0.2) is 81.1 Å². The van der Waals surface area contributed by atoms with Crippen LogP contribution in [0.2, 0.25) is 0 Å². The Morgan fingerprint density at radius 2 is 1.80 bits per heavy atom. The summed E-state index contributed by atoms with van der Waals surface area (Å²) in [5, 5.41) is 40.1. The summed E-state index contributed by atoms with van der Waals surface area (Å²) < 4.78 is 11.0. The van der Waals surface area contributed by atoms with E-state index in [-0.39, 0.29) is 16.9 Å². The quantitative estimate of drug-likeness (QED) is 0.295. The van der Waals surface area contributed by atoms with Crippen molar-refractivity contribution in [3.8, 4) is 5.69 Å². The Morgan fingerprint density at radius 1 is 1.11 bits per heavy atom. The second kappa shape index (κ2) is 9.65. The molecule has 0 bridgehead atoms. The lowest BCUT2D eigenvalue weighted by Gasteiger charge is -2.17. The molecule has 0 amide bonds. The van der Waals surface area contributed by atoms with Crippen LogP contribution in [-0.4, -0.2) is 55.9 Å². The zero-order valence-corrected chi connectivity index (χ0v) is 18.3. The SMILES string of the molecule is Cc1[nH]n(-c2ccccc2)c(=O)c1N=Nc1ccccc1C(=O)OC[C@@H](O)[C@H]1OC(=O)C(O)=C1O. The van der Waals surface area contributed by atoms with Crippen molar-refractivity contribution in [1.29, 1.82) is 0 Å². The first-order valence-electron chi connectivity index (χ1n) is 10.3. The minimum atomic E-state index is -1.62. The molecule has 0 radical (unpaired) electrons. The second-order valence-electron chi connectivity index (χ2n) is 7.50. The van der Waals surface area contributed by atoms with Crippen molar-refractivity contribution in [2.45, 2.75) is 19.1 Å². The fourth-order valence-corrected chi connectivity index (χ4v) is 3.30. The van der Waals surface area contributed by atoms with Crippen molar-refractivity contribution < 1.29 is 34.4 Å². The highest BCUT2D eigenvalue weighted by molar-refractivity contribution is 5.94. The van der Waals surface area contributed by atoms with Crippen molar-refractivity contribution in [2.75, 3.05) is 6.61 Å². The molecule has 12 heteroatoms. The van der Waals surface area contributed by atoms with E-state index in [0.717, 1.165) is 0 Å². The number of carbonyl (C=O) groups is 2. The smallest absolute Gasteiger partial charge is 0.377 e. The number of benzene rings is 2. The largest absolute Gasteiger partial charge is 0.505 e. The molecule has 0 aliphatic carbocycles. The molecular weight excluding hydrogens is 460 g/mol. The van der Waals surface area contributed by atoms with Gasteiger partial charge in [-0.3, -0.25) is 9.89 Å². The number of cyclic esters (lactones) is 1. The summed E-state index contributed by atoms with van der Waals surface area (Å²) >= 11 is 0. The lowest BCUT2D eigenvalue weighted by atomic mass is 10.1. The topological polar surface area (TPSA) is 176 Å². The van der Waals surface area contributed by atoms with Crippen molar-refractivity contribution in [2.24, 2.45) is 10.2 Å². The second-order valence-corrected chi connectivity index (χ2v) is 7.50. The third-order valence-electron chi connectivity index (χ3n) is 5.11. The number of aryl methyl sites for hydroxylation is 1. The Balaban J connectivity index is 1.50. The van der Waals surface area contributed by atoms with Gasteiger partial charge in [0, 0.05) is 0 Å². The third kappa shape index (κ3) is 4.68. The maximum Gasteiger partial charge on any atom is 0.377 e. The molecule has 1 aliphatic rings. The number of esters is 2. The van der Waals surface area contributed by atoms with E-state index in [1.54, 1.807) is 43.3 Å². The van der Waals surface area contributed by atoms with Crippen molar-refractivity contribution in [3.63, 3.8) is 0 Å². The van der Waals surface area contributed by atoms with Gasteiger partial charge in [0.25, 0.3) is 5.56 Å². The fraction of sp³-hybridized carbons (Fsp3) is 0.174. The van der Waals surface area contributed by atoms with E-state index in [4.69, 9.17) is 4.74 Å². The van der Waals surface area contributed by atoms with Gasteiger partial charge >= 0.3 is 11.9 Å². The van der Waals surface area contributed by atoms with Crippen LogP contribution in [0.1, 0.15) is 16.1 Å². The molecule has 4 N–H and O–H groups in total. The van der Waals surface area contributed by atoms with Gasteiger partial charge in [0.1, 0.15) is 18.4 Å². The number of hydrogen-bond donors (Lipinski definition) is 4. The molecule has 12 nitrogen and oxygen atoms in total. The summed E-state index contributed by atoms with van der Waals surface area (Å²) in [5.41, 5.74) is 0.803. The fourth-order valence-electron chi connectivity index (χ4n) is 3.30. The number of hydrogen-bond acceptors (Lipinski definition) is 10. The molecule has 0 saturated carbocycles. The Bertz CT molecular complexity index is 1390. The summed E-state index contributed by atoms with van der Waals surface area (Å²) in [6.45, 7) is 1.01. The first kappa shape index (κ1) is 23.4. The molecule has 1 aromatic heterocycles. The van der Waals surface area contributed by atoms with Gasteiger partial charge in [-0.2, -0.15) is 0 Å². The number of carbonyl (C=O) groups excluding carboxylic acids is 2. The summed E-state index contributed by atoms with van der Waals surface area (Å²) in [4.78, 5) is 36.6. The van der Waals surface area contributed by atoms with Crippen molar-refractivity contribution >= 4 is 23.3 Å². The van der Waals surface area contributed by atoms with Crippen LogP contribution >= 0.6 is 0 Å². The van der Waals surface area contributed by atoms with Gasteiger partial charge in [-0.1, -0.05) is 30.3 Å². The molecule has 4 rings (SSSR count). The van der Waals surface area contributed by atoms with Gasteiger partial charge in [-0.25, -0.2) is 14.3 Å². The number of ether oxygens (including phenoxy) is 2. The average Bonchev–Trinajstić information content (AvgIpc) is 3.30. The highest BCUT2D eigenvalue weighted by Gasteiger charge is 2.39. The molecule has 2 heterocycles. The molecule has 0 saturated heterocycles. The normalized spacial score (nSPS) is 16.5. The average molecular weight is 480 g/mol. The van der Waals surface area contributed by atoms with Crippen LogP contribution in [0, 0.1) is 6.92 Å². The van der Waals surface area contributed by atoms with E-state index in [1.165, 1.54) is 16.8 Å². The predicted octanol–water partition coefficient (Wildman–Crippen LogP) is 2.66. The van der Waals surface area contributed by atoms with Gasteiger partial charge in [-0.15, -0.1) is 10.2 Å². The van der Waals surface area contributed by atoms with Crippen molar-refractivity contribution in [1.82, 2.24) is 9.78 Å². The molecule has 2 aromatic carbocycles. The maximum absolute atomic E-state index is 12.8. The number of aromatic nitrogens is 2. The third-order valence-corrected chi connectivity index (χ3v) is 5.11. The zero-order valence-electron chi connectivity index (χ0n) is 18.3. The van der Waals surface area contributed by atoms with Crippen LogP contribution in [0.25, 0.3) is 5.69 Å².